The maximum absolute atomic E-state index is 12.5. The molecule has 1 saturated carbocycles. The smallest absolute Gasteiger partial charge is 0.410 e. The van der Waals surface area contributed by atoms with Gasteiger partial charge in [-0.25, -0.2) is 14.6 Å². The van der Waals surface area contributed by atoms with E-state index < -0.39 is 5.60 Å². The van der Waals surface area contributed by atoms with E-state index in [2.05, 4.69) is 21.9 Å². The van der Waals surface area contributed by atoms with Crippen molar-refractivity contribution in [2.45, 2.75) is 65.0 Å². The highest BCUT2D eigenvalue weighted by molar-refractivity contribution is 5.77. The molecule has 38 heavy (non-hydrogen) atoms. The number of piperazine rings is 1. The molecule has 5 rings (SSSR count). The van der Waals surface area contributed by atoms with Crippen molar-refractivity contribution in [1.82, 2.24) is 19.7 Å². The number of hydrogen-bond acceptors (Lipinski definition) is 7. The Morgan fingerprint density at radius 2 is 1.84 bits per heavy atom. The van der Waals surface area contributed by atoms with Gasteiger partial charge in [0.25, 0.3) is 0 Å². The van der Waals surface area contributed by atoms with Gasteiger partial charge < -0.3 is 24.2 Å². The van der Waals surface area contributed by atoms with Gasteiger partial charge >= 0.3 is 12.2 Å². The number of nitrogens with zero attached hydrogens (tertiary/aromatic N) is 5. The average Bonchev–Trinajstić information content (AvgIpc) is 3.33. The summed E-state index contributed by atoms with van der Waals surface area (Å²) in [6, 6.07) is 4.77. The van der Waals surface area contributed by atoms with Gasteiger partial charge in [0.05, 0.1) is 6.61 Å². The number of likely N-dealkylation sites (tertiary alicyclic amines) is 1. The van der Waals surface area contributed by atoms with E-state index in [1.807, 2.05) is 44.9 Å². The lowest BCUT2D eigenvalue weighted by atomic mass is 9.78. The van der Waals surface area contributed by atoms with Crippen LogP contribution in [0.5, 0.6) is 0 Å². The molecule has 0 bridgehead atoms. The number of pyridine rings is 1. The zero-order valence-electron chi connectivity index (χ0n) is 23.4. The molecule has 208 valence electrons. The molecule has 9 heteroatoms. The first-order valence-corrected chi connectivity index (χ1v) is 14.2. The summed E-state index contributed by atoms with van der Waals surface area (Å²) >= 11 is 0. The number of hydrogen-bond donors (Lipinski definition) is 0. The maximum Gasteiger partial charge on any atom is 0.410 e. The summed E-state index contributed by atoms with van der Waals surface area (Å²) in [5.41, 5.74) is 2.24. The molecule has 4 heterocycles. The zero-order chi connectivity index (χ0) is 26.9. The number of rotatable bonds is 4. The van der Waals surface area contributed by atoms with Gasteiger partial charge in [0.2, 0.25) is 0 Å². The Morgan fingerprint density at radius 3 is 2.50 bits per heavy atom. The SMILES string of the molecule is CCOC(=O)N1CC2(CC[C@@H](N3CCN(c4ncccc4C4=CCN(C(=O)OC(C)(C)C)CC4)CC3)C2)C1. The van der Waals surface area contributed by atoms with E-state index in [9.17, 15) is 9.59 Å². The van der Waals surface area contributed by atoms with Crippen LogP contribution in [0.25, 0.3) is 5.57 Å². The van der Waals surface area contributed by atoms with Gasteiger partial charge in [-0.15, -0.1) is 0 Å². The van der Waals surface area contributed by atoms with Gasteiger partial charge in [-0.2, -0.15) is 0 Å². The van der Waals surface area contributed by atoms with Crippen molar-refractivity contribution in [3.8, 4) is 0 Å². The predicted molar refractivity (Wildman–Crippen MR) is 147 cm³/mol. The molecule has 1 aromatic heterocycles. The quantitative estimate of drug-likeness (QED) is 0.582. The number of ether oxygens (including phenoxy) is 2. The Balaban J connectivity index is 1.15. The molecule has 0 aromatic carbocycles. The van der Waals surface area contributed by atoms with Crippen LogP contribution in [0.4, 0.5) is 15.4 Å². The van der Waals surface area contributed by atoms with E-state index >= 15 is 0 Å². The van der Waals surface area contributed by atoms with Gasteiger partial charge in [-0.1, -0.05) is 6.08 Å². The zero-order valence-corrected chi connectivity index (χ0v) is 23.4. The Kier molecular flexibility index (Phi) is 7.58. The molecule has 0 unspecified atom stereocenters. The lowest BCUT2D eigenvalue weighted by molar-refractivity contribution is -0.00294. The molecular formula is C29H43N5O4. The molecule has 3 aliphatic heterocycles. The monoisotopic (exact) mass is 525 g/mol. The summed E-state index contributed by atoms with van der Waals surface area (Å²) < 4.78 is 10.7. The number of aromatic nitrogens is 1. The molecule has 1 atom stereocenters. The second-order valence-electron chi connectivity index (χ2n) is 12.3. The standard InChI is InChI=1S/C29H43N5O4/c1-5-37-26(35)34-20-29(21-34)11-8-23(19-29)31-15-17-32(18-16-31)25-24(7-6-12-30-25)22-9-13-33(14-10-22)27(36)38-28(2,3)4/h6-7,9,12,23H,5,8,10-11,13-21H2,1-4H3/t23-/m1/s1. The number of carbonyl (C=O) groups is 2. The molecule has 9 nitrogen and oxygen atoms in total. The molecule has 2 amide bonds. The summed E-state index contributed by atoms with van der Waals surface area (Å²) in [5, 5.41) is 0. The Labute approximate surface area is 226 Å². The molecule has 3 fully saturated rings. The summed E-state index contributed by atoms with van der Waals surface area (Å²) in [7, 11) is 0. The van der Waals surface area contributed by atoms with E-state index in [-0.39, 0.29) is 12.2 Å². The average molecular weight is 526 g/mol. The molecule has 1 spiro atoms. The van der Waals surface area contributed by atoms with Gasteiger partial charge in [-0.3, -0.25) is 4.90 Å². The molecule has 2 saturated heterocycles. The summed E-state index contributed by atoms with van der Waals surface area (Å²) in [6.45, 7) is 14.9. The second kappa shape index (κ2) is 10.8. The molecule has 4 aliphatic rings. The third-order valence-corrected chi connectivity index (χ3v) is 8.38. The lowest BCUT2D eigenvalue weighted by Gasteiger charge is -2.48. The number of amides is 2. The summed E-state index contributed by atoms with van der Waals surface area (Å²) in [5.74, 6) is 1.05. The summed E-state index contributed by atoms with van der Waals surface area (Å²) in [4.78, 5) is 38.0. The Morgan fingerprint density at radius 1 is 1.08 bits per heavy atom. The van der Waals surface area contributed by atoms with Crippen LogP contribution in [0.2, 0.25) is 0 Å². The van der Waals surface area contributed by atoms with Crippen LogP contribution in [0.3, 0.4) is 0 Å². The minimum atomic E-state index is -0.486. The Bertz CT molecular complexity index is 1050. The van der Waals surface area contributed by atoms with Crippen LogP contribution < -0.4 is 4.90 Å². The molecule has 1 aliphatic carbocycles. The minimum absolute atomic E-state index is 0.160. The second-order valence-corrected chi connectivity index (χ2v) is 12.3. The van der Waals surface area contributed by atoms with E-state index in [4.69, 9.17) is 14.5 Å². The van der Waals surface area contributed by atoms with Crippen molar-refractivity contribution in [3.63, 3.8) is 0 Å². The minimum Gasteiger partial charge on any atom is -0.450 e. The van der Waals surface area contributed by atoms with Crippen molar-refractivity contribution in [2.75, 3.05) is 63.9 Å². The lowest BCUT2D eigenvalue weighted by Crippen LogP contribution is -2.58. The van der Waals surface area contributed by atoms with Crippen molar-refractivity contribution in [3.05, 3.63) is 30.0 Å². The molecule has 0 radical (unpaired) electrons. The predicted octanol–water partition coefficient (Wildman–Crippen LogP) is 4.24. The van der Waals surface area contributed by atoms with E-state index in [0.717, 1.165) is 51.5 Å². The third-order valence-electron chi connectivity index (χ3n) is 8.38. The van der Waals surface area contributed by atoms with Crippen LogP contribution >= 0.6 is 0 Å². The van der Waals surface area contributed by atoms with Crippen LogP contribution in [-0.2, 0) is 9.47 Å². The molecular weight excluding hydrogens is 482 g/mol. The number of carbonyl (C=O) groups excluding carboxylic acids is 2. The van der Waals surface area contributed by atoms with Crippen LogP contribution in [-0.4, -0.2) is 102 Å². The topological polar surface area (TPSA) is 78.5 Å². The third kappa shape index (κ3) is 5.77. The maximum atomic E-state index is 12.5. The largest absolute Gasteiger partial charge is 0.450 e. The highest BCUT2D eigenvalue weighted by Crippen LogP contribution is 2.47. The first-order valence-electron chi connectivity index (χ1n) is 14.2. The molecule has 1 aromatic rings. The van der Waals surface area contributed by atoms with Gasteiger partial charge in [0.1, 0.15) is 11.4 Å². The fraction of sp³-hybridized carbons (Fsp3) is 0.690. The fourth-order valence-corrected chi connectivity index (χ4v) is 6.49. The number of anilines is 1. The van der Waals surface area contributed by atoms with E-state index in [1.54, 1.807) is 4.90 Å². The van der Waals surface area contributed by atoms with Crippen LogP contribution in [0, 0.1) is 5.41 Å². The van der Waals surface area contributed by atoms with Gasteiger partial charge in [-0.05, 0) is 71.1 Å². The van der Waals surface area contributed by atoms with Crippen molar-refractivity contribution < 1.29 is 19.1 Å². The van der Waals surface area contributed by atoms with E-state index in [1.165, 1.54) is 30.4 Å². The highest BCUT2D eigenvalue weighted by Gasteiger charge is 2.51. The van der Waals surface area contributed by atoms with Crippen molar-refractivity contribution >= 4 is 23.6 Å². The first-order chi connectivity index (χ1) is 18.2. The Hall–Kier alpha value is -2.81. The first kappa shape index (κ1) is 26.8. The van der Waals surface area contributed by atoms with Crippen LogP contribution in [0.15, 0.2) is 24.4 Å². The normalized spacial score (nSPS) is 23.7. The molecule has 0 N–H and O–H groups in total. The van der Waals surface area contributed by atoms with Crippen LogP contribution in [0.1, 0.15) is 58.9 Å². The van der Waals surface area contributed by atoms with Crippen molar-refractivity contribution in [2.24, 2.45) is 5.41 Å². The fourth-order valence-electron chi connectivity index (χ4n) is 6.49. The van der Waals surface area contributed by atoms with Crippen molar-refractivity contribution in [1.29, 1.82) is 0 Å². The van der Waals surface area contributed by atoms with Gasteiger partial charge in [0, 0.05) is 75.6 Å². The highest BCUT2D eigenvalue weighted by atomic mass is 16.6. The van der Waals surface area contributed by atoms with E-state index in [0.29, 0.717) is 31.2 Å². The summed E-state index contributed by atoms with van der Waals surface area (Å²) in [6.07, 6.45) is 8.02. The van der Waals surface area contributed by atoms with Gasteiger partial charge in [0.15, 0.2) is 0 Å².